The number of ketones is 1. The van der Waals surface area contributed by atoms with Crippen LogP contribution in [0.15, 0.2) is 24.3 Å². The van der Waals surface area contributed by atoms with Crippen molar-refractivity contribution in [2.24, 2.45) is 5.92 Å². The smallest absolute Gasteiger partial charge is 0.166 e. The van der Waals surface area contributed by atoms with E-state index in [9.17, 15) is 4.79 Å². The minimum atomic E-state index is 0.313. The lowest BCUT2D eigenvalue weighted by atomic mass is 9.79. The lowest BCUT2D eigenvalue weighted by molar-refractivity contribution is 0.0851. The summed E-state index contributed by atoms with van der Waals surface area (Å²) in [7, 11) is 0. The number of rotatable bonds is 4. The van der Waals surface area contributed by atoms with Crippen molar-refractivity contribution >= 4 is 5.78 Å². The number of nitrogens with zero attached hydrogens (tertiary/aromatic N) is 1. The second kappa shape index (κ2) is 4.61. The van der Waals surface area contributed by atoms with Crippen LogP contribution in [0.25, 0.3) is 0 Å². The van der Waals surface area contributed by atoms with Gasteiger partial charge in [0, 0.05) is 18.0 Å². The fraction of sp³-hybridized carbons (Fsp3) is 0.533. The summed E-state index contributed by atoms with van der Waals surface area (Å²) in [6.45, 7) is 3.33. The second-order valence-corrected chi connectivity index (χ2v) is 5.28. The van der Waals surface area contributed by atoms with Gasteiger partial charge >= 0.3 is 0 Å². The Morgan fingerprint density at radius 1 is 1.18 bits per heavy atom. The van der Waals surface area contributed by atoms with Crippen LogP contribution in [0.1, 0.15) is 41.6 Å². The molecule has 0 N–H and O–H groups in total. The molecular formula is C15H19NO. The van der Waals surface area contributed by atoms with E-state index in [0.29, 0.717) is 11.7 Å². The van der Waals surface area contributed by atoms with Gasteiger partial charge in [0.2, 0.25) is 0 Å². The van der Waals surface area contributed by atoms with E-state index in [1.807, 2.05) is 18.2 Å². The van der Waals surface area contributed by atoms with E-state index in [-0.39, 0.29) is 0 Å². The highest BCUT2D eigenvalue weighted by Crippen LogP contribution is 2.31. The molecule has 1 saturated carbocycles. The van der Waals surface area contributed by atoms with Gasteiger partial charge in [0.15, 0.2) is 5.78 Å². The van der Waals surface area contributed by atoms with Crippen LogP contribution >= 0.6 is 0 Å². The maximum Gasteiger partial charge on any atom is 0.166 e. The Hall–Kier alpha value is -1.15. The van der Waals surface area contributed by atoms with Crippen molar-refractivity contribution in [2.45, 2.75) is 32.2 Å². The van der Waals surface area contributed by atoms with Crippen molar-refractivity contribution in [3.05, 3.63) is 35.4 Å². The molecule has 1 heterocycles. The van der Waals surface area contributed by atoms with Crippen molar-refractivity contribution in [1.29, 1.82) is 0 Å². The van der Waals surface area contributed by atoms with Crippen LogP contribution in [0.2, 0.25) is 0 Å². The fourth-order valence-corrected chi connectivity index (χ4v) is 2.57. The van der Waals surface area contributed by atoms with E-state index in [1.54, 1.807) is 0 Å². The summed E-state index contributed by atoms with van der Waals surface area (Å²) >= 11 is 0. The molecule has 0 aromatic heterocycles. The van der Waals surface area contributed by atoms with E-state index < -0.39 is 0 Å². The Kier molecular flexibility index (Phi) is 2.98. The van der Waals surface area contributed by atoms with Crippen molar-refractivity contribution in [1.82, 2.24) is 4.90 Å². The lowest BCUT2D eigenvalue weighted by Gasteiger charge is -2.32. The molecule has 1 aromatic carbocycles. The van der Waals surface area contributed by atoms with E-state index in [1.165, 1.54) is 31.5 Å². The van der Waals surface area contributed by atoms with Crippen LogP contribution in [0, 0.1) is 5.92 Å². The van der Waals surface area contributed by atoms with Crippen molar-refractivity contribution in [3.63, 3.8) is 0 Å². The van der Waals surface area contributed by atoms with E-state index in [4.69, 9.17) is 0 Å². The zero-order chi connectivity index (χ0) is 11.7. The van der Waals surface area contributed by atoms with Crippen molar-refractivity contribution in [3.8, 4) is 0 Å². The molecule has 0 bridgehead atoms. The Labute approximate surface area is 103 Å². The number of likely N-dealkylation sites (tertiary alicyclic amines) is 1. The number of Topliss-reactive ketones (excluding diaryl/α,β-unsaturated/α-hetero) is 1. The average Bonchev–Trinajstić information content (AvgIpc) is 2.21. The molecule has 1 aliphatic heterocycles. The molecule has 90 valence electrons. The first-order chi connectivity index (χ1) is 8.34. The SMILES string of the molecule is O=C(c1ccccc1CN1CCC1)C1CCC1. The fourth-order valence-electron chi connectivity index (χ4n) is 2.57. The molecule has 1 aromatic rings. The maximum absolute atomic E-state index is 12.3. The van der Waals surface area contributed by atoms with Crippen LogP contribution in [-0.4, -0.2) is 23.8 Å². The molecule has 1 saturated heterocycles. The maximum atomic E-state index is 12.3. The standard InChI is InChI=1S/C15H19NO/c17-15(12-6-3-7-12)14-8-2-1-5-13(14)11-16-9-4-10-16/h1-2,5,8,12H,3-4,6-7,9-11H2. The van der Waals surface area contributed by atoms with Gasteiger partial charge in [0.05, 0.1) is 0 Å². The summed E-state index contributed by atoms with van der Waals surface area (Å²) in [5, 5.41) is 0. The zero-order valence-electron chi connectivity index (χ0n) is 10.2. The summed E-state index contributed by atoms with van der Waals surface area (Å²) in [5.41, 5.74) is 2.20. The Balaban J connectivity index is 1.79. The van der Waals surface area contributed by atoms with Crippen LogP contribution < -0.4 is 0 Å². The summed E-state index contributed by atoms with van der Waals surface area (Å²) in [4.78, 5) is 14.7. The molecule has 2 fully saturated rings. The van der Waals surface area contributed by atoms with Crippen LogP contribution in [0.4, 0.5) is 0 Å². The average molecular weight is 229 g/mol. The van der Waals surface area contributed by atoms with Gasteiger partial charge < -0.3 is 0 Å². The predicted molar refractivity (Wildman–Crippen MR) is 68.0 cm³/mol. The number of hydrogen-bond acceptors (Lipinski definition) is 2. The van der Waals surface area contributed by atoms with E-state index in [0.717, 1.165) is 24.9 Å². The van der Waals surface area contributed by atoms with Gasteiger partial charge in [-0.2, -0.15) is 0 Å². The summed E-state index contributed by atoms with van der Waals surface area (Å²) in [6.07, 6.45) is 4.72. The number of carbonyl (C=O) groups excluding carboxylic acids is 1. The van der Waals surface area contributed by atoms with Crippen LogP contribution in [-0.2, 0) is 6.54 Å². The first-order valence-electron chi connectivity index (χ1n) is 6.69. The summed E-state index contributed by atoms with van der Waals surface area (Å²) in [5.74, 6) is 0.694. The van der Waals surface area contributed by atoms with Gasteiger partial charge in [-0.15, -0.1) is 0 Å². The molecular weight excluding hydrogens is 210 g/mol. The second-order valence-electron chi connectivity index (χ2n) is 5.28. The van der Waals surface area contributed by atoms with Crippen molar-refractivity contribution < 1.29 is 4.79 Å². The lowest BCUT2D eigenvalue weighted by Crippen LogP contribution is -2.37. The number of benzene rings is 1. The monoisotopic (exact) mass is 229 g/mol. The Bertz CT molecular complexity index is 419. The molecule has 0 radical (unpaired) electrons. The van der Waals surface area contributed by atoms with Gasteiger partial charge in [-0.05, 0) is 37.9 Å². The third kappa shape index (κ3) is 2.14. The number of hydrogen-bond donors (Lipinski definition) is 0. The van der Waals surface area contributed by atoms with E-state index >= 15 is 0 Å². The first-order valence-corrected chi connectivity index (χ1v) is 6.69. The molecule has 1 aliphatic carbocycles. The molecule has 0 unspecified atom stereocenters. The third-order valence-electron chi connectivity index (χ3n) is 4.10. The Morgan fingerprint density at radius 2 is 1.94 bits per heavy atom. The summed E-state index contributed by atoms with van der Waals surface area (Å²) < 4.78 is 0. The summed E-state index contributed by atoms with van der Waals surface area (Å²) in [6, 6.07) is 8.16. The van der Waals surface area contributed by atoms with Gasteiger partial charge in [0.1, 0.15) is 0 Å². The minimum absolute atomic E-state index is 0.313. The highest BCUT2D eigenvalue weighted by atomic mass is 16.1. The molecule has 2 aliphatic rings. The molecule has 2 heteroatoms. The third-order valence-corrected chi connectivity index (χ3v) is 4.10. The van der Waals surface area contributed by atoms with Gasteiger partial charge in [0.25, 0.3) is 0 Å². The minimum Gasteiger partial charge on any atom is -0.299 e. The highest BCUT2D eigenvalue weighted by molar-refractivity contribution is 5.99. The van der Waals surface area contributed by atoms with Gasteiger partial charge in [-0.3, -0.25) is 9.69 Å². The largest absolute Gasteiger partial charge is 0.299 e. The topological polar surface area (TPSA) is 20.3 Å². The molecule has 3 rings (SSSR count). The number of carbonyl (C=O) groups is 1. The van der Waals surface area contributed by atoms with Crippen LogP contribution in [0.5, 0.6) is 0 Å². The van der Waals surface area contributed by atoms with Crippen LogP contribution in [0.3, 0.4) is 0 Å². The molecule has 0 atom stereocenters. The molecule has 17 heavy (non-hydrogen) atoms. The zero-order valence-corrected chi connectivity index (χ0v) is 10.2. The van der Waals surface area contributed by atoms with Crippen molar-refractivity contribution in [2.75, 3.05) is 13.1 Å². The van der Waals surface area contributed by atoms with Gasteiger partial charge in [-0.1, -0.05) is 30.7 Å². The quantitative estimate of drug-likeness (QED) is 0.740. The Morgan fingerprint density at radius 3 is 2.53 bits per heavy atom. The first kappa shape index (κ1) is 11.0. The highest BCUT2D eigenvalue weighted by Gasteiger charge is 2.28. The molecule has 2 nitrogen and oxygen atoms in total. The predicted octanol–water partition coefficient (Wildman–Crippen LogP) is 2.88. The van der Waals surface area contributed by atoms with E-state index in [2.05, 4.69) is 11.0 Å². The molecule has 0 amide bonds. The normalized spacial score (nSPS) is 20.7. The molecule has 0 spiro atoms. The van der Waals surface area contributed by atoms with Gasteiger partial charge in [-0.25, -0.2) is 0 Å².